The second kappa shape index (κ2) is 5.31. The highest BCUT2D eigenvalue weighted by atomic mass is 79.9. The van der Waals surface area contributed by atoms with Gasteiger partial charge in [0.05, 0.1) is 0 Å². The van der Waals surface area contributed by atoms with Gasteiger partial charge in [0.1, 0.15) is 21.8 Å². The fourth-order valence-electron chi connectivity index (χ4n) is 2.09. The SMILES string of the molecule is Cc1ccc2nc(-c3cccc(Br)c3)c(SC#N)n2c1. The summed E-state index contributed by atoms with van der Waals surface area (Å²) in [5.41, 5.74) is 3.82. The zero-order valence-corrected chi connectivity index (χ0v) is 13.1. The maximum Gasteiger partial charge on any atom is 0.140 e. The van der Waals surface area contributed by atoms with Crippen molar-refractivity contribution in [1.29, 1.82) is 5.26 Å². The van der Waals surface area contributed by atoms with Gasteiger partial charge in [0.15, 0.2) is 0 Å². The molecule has 3 nitrogen and oxygen atoms in total. The van der Waals surface area contributed by atoms with E-state index in [4.69, 9.17) is 5.26 Å². The van der Waals surface area contributed by atoms with Crippen LogP contribution in [0.4, 0.5) is 0 Å². The highest BCUT2D eigenvalue weighted by Gasteiger charge is 2.14. The van der Waals surface area contributed by atoms with Gasteiger partial charge in [0.25, 0.3) is 0 Å². The summed E-state index contributed by atoms with van der Waals surface area (Å²) in [4.78, 5) is 4.65. The maximum atomic E-state index is 9.06. The zero-order valence-electron chi connectivity index (χ0n) is 10.7. The number of aryl methyl sites for hydroxylation is 1. The van der Waals surface area contributed by atoms with E-state index in [9.17, 15) is 0 Å². The van der Waals surface area contributed by atoms with Gasteiger partial charge in [-0.3, -0.25) is 4.40 Å². The van der Waals surface area contributed by atoms with Gasteiger partial charge in [-0.25, -0.2) is 4.98 Å². The van der Waals surface area contributed by atoms with E-state index in [2.05, 4.69) is 26.3 Å². The molecule has 0 bridgehead atoms. The molecule has 3 rings (SSSR count). The lowest BCUT2D eigenvalue weighted by molar-refractivity contribution is 1.04. The quantitative estimate of drug-likeness (QED) is 0.502. The third kappa shape index (κ3) is 2.33. The van der Waals surface area contributed by atoms with E-state index in [1.807, 2.05) is 53.9 Å². The first-order valence-corrected chi connectivity index (χ1v) is 7.60. The highest BCUT2D eigenvalue weighted by molar-refractivity contribution is 9.10. The third-order valence-corrected chi connectivity index (χ3v) is 4.13. The number of hydrogen-bond donors (Lipinski definition) is 0. The van der Waals surface area contributed by atoms with Crippen molar-refractivity contribution >= 4 is 33.3 Å². The van der Waals surface area contributed by atoms with Crippen LogP contribution >= 0.6 is 27.7 Å². The van der Waals surface area contributed by atoms with Crippen LogP contribution in [0.3, 0.4) is 0 Å². The fraction of sp³-hybridized carbons (Fsp3) is 0.0667. The van der Waals surface area contributed by atoms with E-state index in [0.717, 1.165) is 43.7 Å². The fourth-order valence-corrected chi connectivity index (χ4v) is 3.08. The average molecular weight is 344 g/mol. The lowest BCUT2D eigenvalue weighted by atomic mass is 10.2. The Hall–Kier alpha value is -1.77. The number of nitriles is 1. The number of nitrogens with zero attached hydrogens (tertiary/aromatic N) is 3. The van der Waals surface area contributed by atoms with Crippen LogP contribution in [0.25, 0.3) is 16.9 Å². The van der Waals surface area contributed by atoms with Crippen molar-refractivity contribution in [2.45, 2.75) is 11.9 Å². The molecule has 0 unspecified atom stereocenters. The van der Waals surface area contributed by atoms with Gasteiger partial charge in [-0.1, -0.05) is 34.1 Å². The number of thiocyanates is 1. The van der Waals surface area contributed by atoms with Gasteiger partial charge in [-0.2, -0.15) is 5.26 Å². The average Bonchev–Trinajstić information content (AvgIpc) is 2.78. The van der Waals surface area contributed by atoms with E-state index in [0.29, 0.717) is 0 Å². The van der Waals surface area contributed by atoms with E-state index >= 15 is 0 Å². The lowest BCUT2D eigenvalue weighted by Gasteiger charge is -2.01. The van der Waals surface area contributed by atoms with Crippen LogP contribution in [0.15, 0.2) is 52.1 Å². The van der Waals surface area contributed by atoms with Gasteiger partial charge in [0, 0.05) is 28.0 Å². The number of rotatable bonds is 2. The predicted molar refractivity (Wildman–Crippen MR) is 84.5 cm³/mol. The van der Waals surface area contributed by atoms with Crippen molar-refractivity contribution in [3.8, 4) is 16.7 Å². The van der Waals surface area contributed by atoms with Crippen LogP contribution in [-0.2, 0) is 0 Å². The first-order chi connectivity index (χ1) is 9.69. The Labute approximate surface area is 129 Å². The van der Waals surface area contributed by atoms with Crippen LogP contribution in [0.2, 0.25) is 0 Å². The lowest BCUT2D eigenvalue weighted by Crippen LogP contribution is -1.87. The summed E-state index contributed by atoms with van der Waals surface area (Å²) in [5, 5.41) is 12.1. The van der Waals surface area contributed by atoms with Crippen LogP contribution in [0, 0.1) is 17.6 Å². The molecule has 3 aromatic rings. The summed E-state index contributed by atoms with van der Waals surface area (Å²) in [5.74, 6) is 0. The molecule has 2 aromatic heterocycles. The Morgan fingerprint density at radius 1 is 1.30 bits per heavy atom. The molecule has 0 N–H and O–H groups in total. The molecule has 0 saturated carbocycles. The van der Waals surface area contributed by atoms with E-state index in [1.165, 1.54) is 0 Å². The molecule has 0 fully saturated rings. The van der Waals surface area contributed by atoms with Crippen molar-refractivity contribution < 1.29 is 0 Å². The number of thioether (sulfide) groups is 1. The Kier molecular flexibility index (Phi) is 3.51. The van der Waals surface area contributed by atoms with Gasteiger partial charge in [-0.05, 0) is 30.7 Å². The first kappa shape index (κ1) is 13.2. The molecule has 0 radical (unpaired) electrons. The Balaban J connectivity index is 2.30. The molecular formula is C15H10BrN3S. The topological polar surface area (TPSA) is 41.1 Å². The smallest absolute Gasteiger partial charge is 0.140 e. The van der Waals surface area contributed by atoms with Gasteiger partial charge in [-0.15, -0.1) is 0 Å². The Morgan fingerprint density at radius 2 is 2.15 bits per heavy atom. The molecular weight excluding hydrogens is 334 g/mol. The number of halogens is 1. The summed E-state index contributed by atoms with van der Waals surface area (Å²) >= 11 is 4.61. The van der Waals surface area contributed by atoms with Crippen molar-refractivity contribution in [3.05, 3.63) is 52.6 Å². The molecule has 5 heteroatoms. The molecule has 0 aliphatic rings. The van der Waals surface area contributed by atoms with Crippen molar-refractivity contribution in [2.24, 2.45) is 0 Å². The second-order valence-electron chi connectivity index (χ2n) is 4.40. The van der Waals surface area contributed by atoms with E-state index < -0.39 is 0 Å². The molecule has 1 aromatic carbocycles. The minimum atomic E-state index is 0.837. The molecule has 0 saturated heterocycles. The number of aromatic nitrogens is 2. The van der Waals surface area contributed by atoms with Crippen LogP contribution in [0.5, 0.6) is 0 Å². The van der Waals surface area contributed by atoms with Gasteiger partial charge >= 0.3 is 0 Å². The number of fused-ring (bicyclic) bond motifs is 1. The van der Waals surface area contributed by atoms with Gasteiger partial charge in [0.2, 0.25) is 0 Å². The minimum absolute atomic E-state index is 0.837. The summed E-state index contributed by atoms with van der Waals surface area (Å²) < 4.78 is 2.97. The van der Waals surface area contributed by atoms with Crippen LogP contribution < -0.4 is 0 Å². The summed E-state index contributed by atoms with van der Waals surface area (Å²) in [6.07, 6.45) is 2.00. The van der Waals surface area contributed by atoms with Crippen LogP contribution in [-0.4, -0.2) is 9.38 Å². The van der Waals surface area contributed by atoms with Crippen molar-refractivity contribution in [1.82, 2.24) is 9.38 Å². The summed E-state index contributed by atoms with van der Waals surface area (Å²) in [6, 6.07) is 11.9. The molecule has 20 heavy (non-hydrogen) atoms. The Bertz CT molecular complexity index is 833. The van der Waals surface area contributed by atoms with Crippen molar-refractivity contribution in [3.63, 3.8) is 0 Å². The van der Waals surface area contributed by atoms with E-state index in [-0.39, 0.29) is 0 Å². The molecule has 0 spiro atoms. The molecule has 0 atom stereocenters. The zero-order chi connectivity index (χ0) is 14.1. The maximum absolute atomic E-state index is 9.06. The first-order valence-electron chi connectivity index (χ1n) is 5.99. The predicted octanol–water partition coefficient (Wildman–Crippen LogP) is 4.65. The number of benzene rings is 1. The molecule has 2 heterocycles. The molecule has 98 valence electrons. The van der Waals surface area contributed by atoms with Crippen LogP contribution in [0.1, 0.15) is 5.56 Å². The summed E-state index contributed by atoms with van der Waals surface area (Å²) in [6.45, 7) is 2.03. The molecule has 0 aliphatic heterocycles. The third-order valence-electron chi connectivity index (χ3n) is 2.96. The highest BCUT2D eigenvalue weighted by Crippen LogP contribution is 2.32. The monoisotopic (exact) mass is 343 g/mol. The normalized spacial score (nSPS) is 10.7. The van der Waals surface area contributed by atoms with Gasteiger partial charge < -0.3 is 0 Å². The number of hydrogen-bond acceptors (Lipinski definition) is 3. The summed E-state index contributed by atoms with van der Waals surface area (Å²) in [7, 11) is 0. The van der Waals surface area contributed by atoms with E-state index in [1.54, 1.807) is 0 Å². The number of pyridine rings is 1. The molecule has 0 aliphatic carbocycles. The minimum Gasteiger partial charge on any atom is -0.293 e. The largest absolute Gasteiger partial charge is 0.293 e. The van der Waals surface area contributed by atoms with Crippen molar-refractivity contribution in [2.75, 3.05) is 0 Å². The standard InChI is InChI=1S/C15H10BrN3S/c1-10-5-6-13-18-14(11-3-2-4-12(16)7-11)15(20-9-17)19(13)8-10/h2-8H,1H3. The second-order valence-corrected chi connectivity index (χ2v) is 6.09. The molecule has 0 amide bonds. The Morgan fingerprint density at radius 3 is 2.90 bits per heavy atom. The number of imidazole rings is 1.